The van der Waals surface area contributed by atoms with E-state index < -0.39 is 95.0 Å². The summed E-state index contributed by atoms with van der Waals surface area (Å²) in [5.74, 6) is -61.2. The Balaban J connectivity index is 3.82. The lowest BCUT2D eigenvalue weighted by Crippen LogP contribution is -2.74. The molecule has 1 aromatic rings. The van der Waals surface area contributed by atoms with E-state index in [0.29, 0.717) is 12.8 Å². The molecule has 0 fully saturated rings. The molecule has 1 rings (SSSR count). The highest BCUT2D eigenvalue weighted by Crippen LogP contribution is 2.65. The predicted molar refractivity (Wildman–Crippen MR) is 116 cm³/mol. The number of carbonyl (C=O) groups excluding carboxylic acids is 2. The third-order valence-electron chi connectivity index (χ3n) is 6.01. The van der Waals surface area contributed by atoms with Crippen molar-refractivity contribution in [2.45, 2.75) is 87.2 Å². The maximum Gasteiger partial charge on any atom is 0.460 e. The summed E-state index contributed by atoms with van der Waals surface area (Å²) < 4.78 is 241. The second kappa shape index (κ2) is 13.0. The summed E-state index contributed by atoms with van der Waals surface area (Å²) in [7, 11) is 0. The second-order valence-corrected chi connectivity index (χ2v) is 9.26. The molecule has 0 unspecified atom stereocenters. The third kappa shape index (κ3) is 6.62. The number of rotatable bonds is 15. The fraction of sp³-hybridized carbons (Fsp3) is 0.667. The van der Waals surface area contributed by atoms with E-state index in [4.69, 9.17) is 4.74 Å². The number of halogens is 17. The van der Waals surface area contributed by atoms with Crippen molar-refractivity contribution in [2.75, 3.05) is 13.2 Å². The van der Waals surface area contributed by atoms with Gasteiger partial charge in [-0.2, -0.15) is 74.6 Å². The zero-order chi connectivity index (χ0) is 35.7. The lowest BCUT2D eigenvalue weighted by molar-refractivity contribution is -0.462. The Morgan fingerprint density at radius 3 is 1.27 bits per heavy atom. The molecule has 0 aliphatic heterocycles. The highest BCUT2D eigenvalue weighted by molar-refractivity contribution is 6.03. The van der Waals surface area contributed by atoms with Gasteiger partial charge in [-0.3, -0.25) is 0 Å². The SMILES string of the molecule is CCCCOC(=O)c1ccc(C(F)(F)C(F)(F)C(F)(F)C(F)(F)C(F)(F)C(F)(F)C(F)(F)C(F)(F)F)cc1C(=O)OCCCC. The molecule has 0 saturated heterocycles. The van der Waals surface area contributed by atoms with Crippen molar-refractivity contribution in [3.63, 3.8) is 0 Å². The molecule has 4 nitrogen and oxygen atoms in total. The van der Waals surface area contributed by atoms with Crippen molar-refractivity contribution in [1.29, 1.82) is 0 Å². The van der Waals surface area contributed by atoms with Crippen LogP contribution in [0.1, 0.15) is 65.8 Å². The largest absolute Gasteiger partial charge is 0.462 e. The van der Waals surface area contributed by atoms with Crippen molar-refractivity contribution < 1.29 is 93.7 Å². The first-order valence-electron chi connectivity index (χ1n) is 12.3. The second-order valence-electron chi connectivity index (χ2n) is 9.26. The fourth-order valence-corrected chi connectivity index (χ4v) is 3.21. The van der Waals surface area contributed by atoms with E-state index >= 15 is 0 Å². The standard InChI is InChI=1S/C24H21F17O4/c1-3-5-9-44-15(42)13-8-7-12(11-14(13)16(43)45-10-6-4-2)17(25,26)18(27,28)19(29,30)20(31,32)21(33,34)22(35,36)23(37,38)24(39,40)41/h7-8,11H,3-6,9-10H2,1-2H3. The lowest BCUT2D eigenvalue weighted by atomic mass is 9.86. The summed E-state index contributed by atoms with van der Waals surface area (Å²) in [6.45, 7) is 2.27. The average molecular weight is 696 g/mol. The molecule has 0 atom stereocenters. The van der Waals surface area contributed by atoms with Gasteiger partial charge in [0.05, 0.1) is 24.3 Å². The monoisotopic (exact) mass is 696 g/mol. The minimum atomic E-state index is -8.78. The molecule has 0 aliphatic rings. The van der Waals surface area contributed by atoms with Gasteiger partial charge in [0, 0.05) is 5.56 Å². The van der Waals surface area contributed by atoms with E-state index in [9.17, 15) is 84.2 Å². The van der Waals surface area contributed by atoms with Crippen LogP contribution in [0.4, 0.5) is 74.6 Å². The number of esters is 2. The van der Waals surface area contributed by atoms with E-state index in [-0.39, 0.29) is 25.5 Å². The molecule has 0 bridgehead atoms. The van der Waals surface area contributed by atoms with Crippen molar-refractivity contribution >= 4 is 11.9 Å². The molecule has 0 heterocycles. The first-order valence-corrected chi connectivity index (χ1v) is 12.3. The van der Waals surface area contributed by atoms with Crippen LogP contribution in [-0.2, 0) is 15.4 Å². The normalized spacial score (nSPS) is 14.4. The van der Waals surface area contributed by atoms with Crippen LogP contribution in [0.3, 0.4) is 0 Å². The van der Waals surface area contributed by atoms with Gasteiger partial charge in [0.15, 0.2) is 0 Å². The Morgan fingerprint density at radius 2 is 0.889 bits per heavy atom. The minimum absolute atomic E-state index is 0.0347. The number of hydrogen-bond acceptors (Lipinski definition) is 4. The summed E-state index contributed by atoms with van der Waals surface area (Å²) in [6.07, 6.45) is -6.86. The number of hydrogen-bond donors (Lipinski definition) is 0. The molecule has 0 aliphatic carbocycles. The first-order chi connectivity index (χ1) is 20.1. The van der Waals surface area contributed by atoms with Gasteiger partial charge < -0.3 is 9.47 Å². The number of benzene rings is 1. The molecule has 21 heteroatoms. The molecule has 0 radical (unpaired) electrons. The minimum Gasteiger partial charge on any atom is -0.462 e. The van der Waals surface area contributed by atoms with Crippen LogP contribution in [0.15, 0.2) is 18.2 Å². The van der Waals surface area contributed by atoms with Crippen LogP contribution in [0.25, 0.3) is 0 Å². The Kier molecular flexibility index (Phi) is 11.5. The summed E-state index contributed by atoms with van der Waals surface area (Å²) in [6, 6.07) is -0.879. The fourth-order valence-electron chi connectivity index (χ4n) is 3.21. The Bertz CT molecular complexity index is 1210. The Labute approximate surface area is 241 Å². The molecule has 0 aromatic heterocycles. The predicted octanol–water partition coefficient (Wildman–Crippen LogP) is 9.07. The topological polar surface area (TPSA) is 52.6 Å². The van der Waals surface area contributed by atoms with Gasteiger partial charge >= 0.3 is 59.6 Å². The zero-order valence-electron chi connectivity index (χ0n) is 22.5. The van der Waals surface area contributed by atoms with Crippen LogP contribution in [-0.4, -0.2) is 66.9 Å². The number of unbranched alkanes of at least 4 members (excludes halogenated alkanes) is 2. The summed E-state index contributed by atoms with van der Waals surface area (Å²) in [4.78, 5) is 24.7. The molecule has 0 N–H and O–H groups in total. The van der Waals surface area contributed by atoms with E-state index in [2.05, 4.69) is 4.74 Å². The quantitative estimate of drug-likeness (QED) is 0.104. The van der Waals surface area contributed by atoms with Gasteiger partial charge in [0.25, 0.3) is 0 Å². The van der Waals surface area contributed by atoms with Crippen LogP contribution in [0, 0.1) is 0 Å². The third-order valence-corrected chi connectivity index (χ3v) is 6.01. The first kappa shape index (κ1) is 40.0. The molecule has 0 spiro atoms. The summed E-state index contributed by atoms with van der Waals surface area (Å²) >= 11 is 0. The average Bonchev–Trinajstić information content (AvgIpc) is 2.91. The molecule has 1 aromatic carbocycles. The van der Waals surface area contributed by atoms with E-state index in [0.717, 1.165) is 0 Å². The molecule has 0 saturated carbocycles. The van der Waals surface area contributed by atoms with Crippen molar-refractivity contribution in [3.05, 3.63) is 34.9 Å². The van der Waals surface area contributed by atoms with Crippen LogP contribution < -0.4 is 0 Å². The highest BCUT2D eigenvalue weighted by Gasteiger charge is 2.95. The van der Waals surface area contributed by atoms with Crippen LogP contribution >= 0.6 is 0 Å². The molecular formula is C24H21F17O4. The van der Waals surface area contributed by atoms with Gasteiger partial charge in [-0.05, 0) is 25.0 Å². The van der Waals surface area contributed by atoms with E-state index in [1.54, 1.807) is 13.8 Å². The number of alkyl halides is 17. The van der Waals surface area contributed by atoms with Crippen LogP contribution in [0.5, 0.6) is 0 Å². The van der Waals surface area contributed by atoms with Crippen LogP contribution in [0.2, 0.25) is 0 Å². The molecule has 260 valence electrons. The van der Waals surface area contributed by atoms with Gasteiger partial charge in [-0.1, -0.05) is 32.8 Å². The van der Waals surface area contributed by atoms with Gasteiger partial charge in [0.2, 0.25) is 0 Å². The maximum atomic E-state index is 14.8. The molecular weight excluding hydrogens is 675 g/mol. The number of carbonyl (C=O) groups is 2. The van der Waals surface area contributed by atoms with Crippen molar-refractivity contribution in [2.24, 2.45) is 0 Å². The van der Waals surface area contributed by atoms with Gasteiger partial charge in [-0.15, -0.1) is 0 Å². The molecule has 0 amide bonds. The van der Waals surface area contributed by atoms with Crippen molar-refractivity contribution in [1.82, 2.24) is 0 Å². The number of ether oxygens (including phenoxy) is 2. The summed E-state index contributed by atoms with van der Waals surface area (Å²) in [5.41, 5.74) is -5.14. The zero-order valence-corrected chi connectivity index (χ0v) is 22.5. The van der Waals surface area contributed by atoms with Gasteiger partial charge in [-0.25, -0.2) is 9.59 Å². The summed E-state index contributed by atoms with van der Waals surface area (Å²) in [5, 5.41) is 0. The van der Waals surface area contributed by atoms with Gasteiger partial charge in [0.1, 0.15) is 0 Å². The lowest BCUT2D eigenvalue weighted by Gasteiger charge is -2.42. The Hall–Kier alpha value is -3.03. The smallest absolute Gasteiger partial charge is 0.460 e. The van der Waals surface area contributed by atoms with E-state index in [1.165, 1.54) is 0 Å². The maximum absolute atomic E-state index is 14.8. The Morgan fingerprint density at radius 1 is 0.533 bits per heavy atom. The van der Waals surface area contributed by atoms with E-state index in [1.807, 2.05) is 0 Å². The molecule has 45 heavy (non-hydrogen) atoms. The van der Waals surface area contributed by atoms with Crippen molar-refractivity contribution in [3.8, 4) is 0 Å². The highest BCUT2D eigenvalue weighted by atomic mass is 19.4.